The summed E-state index contributed by atoms with van der Waals surface area (Å²) in [6.45, 7) is 5.15. The van der Waals surface area contributed by atoms with Crippen LogP contribution in [0.15, 0.2) is 0 Å². The van der Waals surface area contributed by atoms with Gasteiger partial charge in [-0.3, -0.25) is 20.0 Å². The molecule has 0 bridgehead atoms. The molecule has 0 aliphatic carbocycles. The molecule has 0 unspecified atom stereocenters. The third kappa shape index (κ3) is 7.98. The first kappa shape index (κ1) is 24.4. The van der Waals surface area contributed by atoms with Crippen LogP contribution in [0.5, 0.6) is 0 Å². The summed E-state index contributed by atoms with van der Waals surface area (Å²) in [5.74, 6) is 1.29. The van der Waals surface area contributed by atoms with Crippen molar-refractivity contribution in [2.24, 2.45) is 0 Å². The first-order valence-corrected chi connectivity index (χ1v) is 13.5. The van der Waals surface area contributed by atoms with Crippen molar-refractivity contribution in [1.29, 1.82) is 0 Å². The summed E-state index contributed by atoms with van der Waals surface area (Å²) < 4.78 is 8.10. The minimum atomic E-state index is 0.00215. The Balaban J connectivity index is 1.17. The Hall–Kier alpha value is -1.26. The highest BCUT2D eigenvalue weighted by Gasteiger charge is 2.44. The van der Waals surface area contributed by atoms with Crippen LogP contribution in [-0.4, -0.2) is 47.3 Å². The summed E-state index contributed by atoms with van der Waals surface area (Å²) in [5.41, 5.74) is 0. The zero-order valence-corrected chi connectivity index (χ0v) is 20.3. The fourth-order valence-electron chi connectivity index (χ4n) is 5.78. The Morgan fingerprint density at radius 1 is 0.903 bits per heavy atom. The molecule has 178 valence electrons. The Kier molecular flexibility index (Phi) is 10.5. The van der Waals surface area contributed by atoms with Crippen LogP contribution in [0.2, 0.25) is 0 Å². The maximum atomic E-state index is 11.9. The number of hydrogen-bond acceptors (Lipinski definition) is 4. The lowest BCUT2D eigenvalue weighted by Crippen LogP contribution is -2.62. The molecule has 5 heteroatoms. The lowest BCUT2D eigenvalue weighted by Gasteiger charge is -2.35. The molecule has 5 nitrogen and oxygen atoms in total. The first-order chi connectivity index (χ1) is 15.2. The van der Waals surface area contributed by atoms with Gasteiger partial charge in [0.25, 0.3) is 0 Å². The monoisotopic (exact) mass is 434 g/mol. The predicted molar refractivity (Wildman–Crippen MR) is 127 cm³/mol. The Bertz CT molecular complexity index is 577. The summed E-state index contributed by atoms with van der Waals surface area (Å²) in [7, 11) is 0. The topological polar surface area (TPSA) is 53.4 Å². The minimum Gasteiger partial charge on any atom is -0.466 e. The van der Waals surface area contributed by atoms with Crippen molar-refractivity contribution in [2.75, 3.05) is 6.61 Å². The SMILES string of the molecule is CCCCCCCCCCCC(=O)OCCCC[C@H]1C[C@H]2CC[C@H]3C[C@@H](C)NC(=[N+]23)N1. The molecule has 4 atom stereocenters. The van der Waals surface area contributed by atoms with Gasteiger partial charge in [-0.1, -0.05) is 58.3 Å². The van der Waals surface area contributed by atoms with E-state index in [0.717, 1.165) is 31.3 Å². The standard InChI is InChI=1S/C26H47N3O2/c1-3-4-5-6-7-8-9-10-11-15-25(30)31-18-13-12-14-22-20-24-17-16-23-19-21(2)27-26(28-22)29(23)24/h21-24H,3-20H2,1-2H3,(H,27,28)/p+1/t21-,22+,23+,24-/m1/s1. The van der Waals surface area contributed by atoms with Crippen LogP contribution in [-0.2, 0) is 9.53 Å². The molecule has 0 radical (unpaired) electrons. The molecule has 3 heterocycles. The molecule has 3 aliphatic rings. The number of esters is 1. The number of hydrogen-bond donors (Lipinski definition) is 2. The van der Waals surface area contributed by atoms with E-state index in [0.29, 0.717) is 25.1 Å². The molecule has 1 fully saturated rings. The Morgan fingerprint density at radius 2 is 1.58 bits per heavy atom. The highest BCUT2D eigenvalue weighted by atomic mass is 16.5. The zero-order chi connectivity index (χ0) is 21.9. The number of rotatable bonds is 15. The van der Waals surface area contributed by atoms with Crippen LogP contribution in [0, 0.1) is 0 Å². The zero-order valence-electron chi connectivity index (χ0n) is 20.3. The maximum Gasteiger partial charge on any atom is 0.346 e. The van der Waals surface area contributed by atoms with E-state index >= 15 is 0 Å². The van der Waals surface area contributed by atoms with Crippen molar-refractivity contribution in [2.45, 2.75) is 147 Å². The summed E-state index contributed by atoms with van der Waals surface area (Å²) in [5, 5.41) is 7.44. The van der Waals surface area contributed by atoms with Gasteiger partial charge < -0.3 is 4.74 Å². The smallest absolute Gasteiger partial charge is 0.346 e. The second-order valence-electron chi connectivity index (χ2n) is 10.3. The largest absolute Gasteiger partial charge is 0.466 e. The summed E-state index contributed by atoms with van der Waals surface area (Å²) in [4.78, 5) is 11.9. The molecular weight excluding hydrogens is 386 g/mol. The molecule has 1 saturated heterocycles. The third-order valence-electron chi connectivity index (χ3n) is 7.48. The van der Waals surface area contributed by atoms with Gasteiger partial charge in [0.1, 0.15) is 0 Å². The van der Waals surface area contributed by atoms with E-state index in [4.69, 9.17) is 4.74 Å². The van der Waals surface area contributed by atoms with E-state index in [9.17, 15) is 4.79 Å². The van der Waals surface area contributed by atoms with Crippen molar-refractivity contribution in [1.82, 2.24) is 10.6 Å². The lowest BCUT2D eigenvalue weighted by atomic mass is 9.99. The van der Waals surface area contributed by atoms with Crippen LogP contribution in [0.4, 0.5) is 0 Å². The van der Waals surface area contributed by atoms with Crippen molar-refractivity contribution < 1.29 is 14.1 Å². The number of carbonyl (C=O) groups is 1. The van der Waals surface area contributed by atoms with Crippen molar-refractivity contribution in [3.63, 3.8) is 0 Å². The normalized spacial score (nSPS) is 26.9. The molecule has 0 saturated carbocycles. The van der Waals surface area contributed by atoms with Crippen molar-refractivity contribution in [3.05, 3.63) is 0 Å². The van der Waals surface area contributed by atoms with Gasteiger partial charge in [0.2, 0.25) is 0 Å². The van der Waals surface area contributed by atoms with E-state index in [1.807, 2.05) is 0 Å². The molecule has 3 aliphatic heterocycles. The average molecular weight is 435 g/mol. The van der Waals surface area contributed by atoms with E-state index in [2.05, 4.69) is 29.1 Å². The molecule has 0 aromatic carbocycles. The van der Waals surface area contributed by atoms with Gasteiger partial charge in [-0.05, 0) is 45.4 Å². The minimum absolute atomic E-state index is 0.00215. The van der Waals surface area contributed by atoms with Gasteiger partial charge in [0.05, 0.1) is 30.8 Å². The van der Waals surface area contributed by atoms with Crippen LogP contribution < -0.4 is 10.6 Å². The van der Waals surface area contributed by atoms with Crippen LogP contribution in [0.3, 0.4) is 0 Å². The van der Waals surface area contributed by atoms with Crippen molar-refractivity contribution in [3.8, 4) is 0 Å². The van der Waals surface area contributed by atoms with Gasteiger partial charge in [-0.2, -0.15) is 0 Å². The highest BCUT2D eigenvalue weighted by molar-refractivity contribution is 5.76. The van der Waals surface area contributed by atoms with Crippen LogP contribution in [0.1, 0.15) is 123 Å². The summed E-state index contributed by atoms with van der Waals surface area (Å²) in [6, 6.07) is 2.60. The number of nitrogens with zero attached hydrogens (tertiary/aromatic N) is 1. The summed E-state index contributed by atoms with van der Waals surface area (Å²) in [6.07, 6.45) is 20.7. The number of nitrogens with one attached hydrogen (secondary N) is 2. The first-order valence-electron chi connectivity index (χ1n) is 13.5. The second kappa shape index (κ2) is 13.3. The molecule has 0 spiro atoms. The van der Waals surface area contributed by atoms with E-state index in [1.54, 1.807) is 0 Å². The van der Waals surface area contributed by atoms with Gasteiger partial charge in [-0.15, -0.1) is 0 Å². The molecule has 31 heavy (non-hydrogen) atoms. The maximum absolute atomic E-state index is 11.9. The fraction of sp³-hybridized carbons (Fsp3) is 0.923. The van der Waals surface area contributed by atoms with E-state index < -0.39 is 0 Å². The lowest BCUT2D eigenvalue weighted by molar-refractivity contribution is -0.593. The molecule has 3 rings (SSSR count). The number of guanidine groups is 1. The Morgan fingerprint density at radius 3 is 2.32 bits per heavy atom. The molecule has 2 N–H and O–H groups in total. The molecular formula is C26H48N3O2+. The van der Waals surface area contributed by atoms with Gasteiger partial charge in [-0.25, -0.2) is 0 Å². The van der Waals surface area contributed by atoms with Gasteiger partial charge in [0, 0.05) is 19.3 Å². The number of unbranched alkanes of at least 4 members (excludes halogenated alkanes) is 9. The third-order valence-corrected chi connectivity index (χ3v) is 7.48. The molecule has 0 aromatic rings. The number of carbonyl (C=O) groups excluding carboxylic acids is 1. The van der Waals surface area contributed by atoms with Gasteiger partial charge >= 0.3 is 11.9 Å². The Labute approximate surface area is 190 Å². The van der Waals surface area contributed by atoms with Crippen molar-refractivity contribution >= 4 is 11.9 Å². The van der Waals surface area contributed by atoms with E-state index in [-0.39, 0.29) is 5.97 Å². The predicted octanol–water partition coefficient (Wildman–Crippen LogP) is 5.26. The van der Waals surface area contributed by atoms with Crippen LogP contribution >= 0.6 is 0 Å². The van der Waals surface area contributed by atoms with E-state index in [1.165, 1.54) is 89.4 Å². The molecule has 0 aromatic heterocycles. The van der Waals surface area contributed by atoms with Crippen LogP contribution in [0.25, 0.3) is 0 Å². The molecule has 0 amide bonds. The fourth-order valence-corrected chi connectivity index (χ4v) is 5.78. The number of ether oxygens (including phenoxy) is 1. The quantitative estimate of drug-likeness (QED) is 0.210. The summed E-state index contributed by atoms with van der Waals surface area (Å²) >= 11 is 0. The van der Waals surface area contributed by atoms with Gasteiger partial charge in [0.15, 0.2) is 0 Å². The second-order valence-corrected chi connectivity index (χ2v) is 10.3. The highest BCUT2D eigenvalue weighted by Crippen LogP contribution is 2.31. The average Bonchev–Trinajstić information content (AvgIpc) is 3.15.